The van der Waals surface area contributed by atoms with E-state index in [0.29, 0.717) is 31.0 Å². The Bertz CT molecular complexity index is 674. The highest BCUT2D eigenvalue weighted by molar-refractivity contribution is 7.98. The molecule has 0 aromatic heterocycles. The lowest BCUT2D eigenvalue weighted by Gasteiger charge is -2.37. The molecule has 2 aliphatic rings. The fraction of sp³-hybridized carbons (Fsp3) is 0.579. The first kappa shape index (κ1) is 18.9. The Hall–Kier alpha value is -1.89. The summed E-state index contributed by atoms with van der Waals surface area (Å²) < 4.78 is 10.6. The van der Waals surface area contributed by atoms with Crippen molar-refractivity contribution in [1.29, 1.82) is 0 Å². The topological polar surface area (TPSA) is 59.1 Å². The summed E-state index contributed by atoms with van der Waals surface area (Å²) in [6.07, 6.45) is 4.24. The lowest BCUT2D eigenvalue weighted by Crippen LogP contribution is -2.49. The molecule has 2 aliphatic heterocycles. The number of cyclic esters (lactones) is 1. The van der Waals surface area contributed by atoms with Gasteiger partial charge in [-0.05, 0) is 43.7 Å². The number of hydrogen-bond donors (Lipinski definition) is 0. The summed E-state index contributed by atoms with van der Waals surface area (Å²) in [4.78, 5) is 29.8. The number of carbonyl (C=O) groups is 2. The fourth-order valence-corrected chi connectivity index (χ4v) is 4.15. The molecule has 0 saturated carbocycles. The van der Waals surface area contributed by atoms with E-state index in [1.165, 1.54) is 0 Å². The number of ether oxygens (including phenoxy) is 2. The summed E-state index contributed by atoms with van der Waals surface area (Å²) in [5, 5.41) is 0. The van der Waals surface area contributed by atoms with Gasteiger partial charge < -0.3 is 14.4 Å². The van der Waals surface area contributed by atoms with Crippen LogP contribution in [0.1, 0.15) is 36.5 Å². The van der Waals surface area contributed by atoms with E-state index < -0.39 is 0 Å². The van der Waals surface area contributed by atoms with Crippen molar-refractivity contribution in [3.05, 3.63) is 23.8 Å². The number of carbonyl (C=O) groups excluding carboxylic acids is 2. The number of piperidine rings is 1. The summed E-state index contributed by atoms with van der Waals surface area (Å²) in [6.45, 7) is 3.82. The van der Waals surface area contributed by atoms with E-state index in [-0.39, 0.29) is 24.1 Å². The van der Waals surface area contributed by atoms with Crippen molar-refractivity contribution in [2.45, 2.75) is 43.2 Å². The van der Waals surface area contributed by atoms with E-state index >= 15 is 0 Å². The molecule has 142 valence electrons. The lowest BCUT2D eigenvalue weighted by atomic mass is 10.0. The van der Waals surface area contributed by atoms with E-state index in [9.17, 15) is 9.59 Å². The minimum atomic E-state index is -0.212. The van der Waals surface area contributed by atoms with Crippen LogP contribution < -0.4 is 4.74 Å². The van der Waals surface area contributed by atoms with Crippen LogP contribution in [0.25, 0.3) is 0 Å². The summed E-state index contributed by atoms with van der Waals surface area (Å²) in [5.41, 5.74) is 0.593. The lowest BCUT2D eigenvalue weighted by molar-refractivity contribution is 0.0632. The molecule has 7 heteroatoms. The summed E-state index contributed by atoms with van der Waals surface area (Å²) in [5.74, 6) is 0.599. The zero-order valence-corrected chi connectivity index (χ0v) is 16.4. The Morgan fingerprint density at radius 3 is 2.69 bits per heavy atom. The number of rotatable bonds is 5. The maximum absolute atomic E-state index is 12.9. The second kappa shape index (κ2) is 8.20. The summed E-state index contributed by atoms with van der Waals surface area (Å²) in [7, 11) is 1.59. The molecule has 0 bridgehead atoms. The quantitative estimate of drug-likeness (QED) is 0.736. The van der Waals surface area contributed by atoms with Crippen LogP contribution in [-0.2, 0) is 4.74 Å². The third kappa shape index (κ3) is 3.63. The molecule has 26 heavy (non-hydrogen) atoms. The van der Waals surface area contributed by atoms with Gasteiger partial charge in [-0.2, -0.15) is 0 Å². The average Bonchev–Trinajstić information content (AvgIpc) is 3.07. The van der Waals surface area contributed by atoms with E-state index in [1.54, 1.807) is 18.9 Å². The van der Waals surface area contributed by atoms with Gasteiger partial charge in [0.15, 0.2) is 0 Å². The maximum Gasteiger partial charge on any atom is 0.410 e. The van der Waals surface area contributed by atoms with E-state index in [4.69, 9.17) is 9.47 Å². The number of benzene rings is 1. The molecule has 1 atom stereocenters. The van der Waals surface area contributed by atoms with Crippen LogP contribution in [0.15, 0.2) is 23.1 Å². The molecular formula is C19H26N2O4S. The van der Waals surface area contributed by atoms with Crippen molar-refractivity contribution in [1.82, 2.24) is 9.80 Å². The molecule has 6 nitrogen and oxygen atoms in total. The van der Waals surface area contributed by atoms with Gasteiger partial charge in [-0.3, -0.25) is 9.69 Å². The Kier molecular flexibility index (Phi) is 5.96. The Morgan fingerprint density at radius 1 is 1.35 bits per heavy atom. The van der Waals surface area contributed by atoms with Gasteiger partial charge in [0.2, 0.25) is 0 Å². The van der Waals surface area contributed by atoms with Crippen molar-refractivity contribution >= 4 is 23.8 Å². The first-order valence-corrected chi connectivity index (χ1v) is 10.3. The monoisotopic (exact) mass is 378 g/mol. The molecule has 0 aliphatic carbocycles. The van der Waals surface area contributed by atoms with Crippen molar-refractivity contribution in [2.75, 3.05) is 33.1 Å². The van der Waals surface area contributed by atoms with Gasteiger partial charge in [-0.25, -0.2) is 4.79 Å². The first-order valence-electron chi connectivity index (χ1n) is 9.05. The number of nitrogens with zero attached hydrogens (tertiary/aromatic N) is 2. The van der Waals surface area contributed by atoms with Crippen LogP contribution in [0.2, 0.25) is 0 Å². The molecule has 2 saturated heterocycles. The van der Waals surface area contributed by atoms with Crippen LogP contribution in [-0.4, -0.2) is 66.9 Å². The van der Waals surface area contributed by atoms with Gasteiger partial charge in [-0.15, -0.1) is 11.8 Å². The van der Waals surface area contributed by atoms with Gasteiger partial charge in [0.1, 0.15) is 12.4 Å². The SMILES string of the molecule is CCC1COC(=O)N1C1CCN(C(=O)c2ccc(SC)cc2OC)CC1. The van der Waals surface area contributed by atoms with Crippen molar-refractivity contribution in [3.8, 4) is 5.75 Å². The predicted molar refractivity (Wildman–Crippen MR) is 101 cm³/mol. The Morgan fingerprint density at radius 2 is 2.08 bits per heavy atom. The fourth-order valence-electron chi connectivity index (χ4n) is 3.73. The molecule has 2 fully saturated rings. The highest BCUT2D eigenvalue weighted by atomic mass is 32.2. The number of likely N-dealkylation sites (tertiary alicyclic amines) is 1. The smallest absolute Gasteiger partial charge is 0.410 e. The number of thioether (sulfide) groups is 1. The number of methoxy groups -OCH3 is 1. The van der Waals surface area contributed by atoms with E-state index in [1.807, 2.05) is 34.3 Å². The normalized spacial score (nSPS) is 21.0. The minimum Gasteiger partial charge on any atom is -0.496 e. The van der Waals surface area contributed by atoms with Crippen molar-refractivity contribution in [3.63, 3.8) is 0 Å². The molecule has 1 aromatic carbocycles. The Balaban J connectivity index is 1.66. The number of amides is 2. The highest BCUT2D eigenvalue weighted by Crippen LogP contribution is 2.29. The average molecular weight is 378 g/mol. The zero-order chi connectivity index (χ0) is 18.7. The summed E-state index contributed by atoms with van der Waals surface area (Å²) in [6, 6.07) is 5.99. The van der Waals surface area contributed by atoms with Gasteiger partial charge in [0.05, 0.1) is 18.7 Å². The van der Waals surface area contributed by atoms with Gasteiger partial charge in [0.25, 0.3) is 5.91 Å². The molecular weight excluding hydrogens is 352 g/mol. The van der Waals surface area contributed by atoms with E-state index in [0.717, 1.165) is 24.2 Å². The molecule has 0 spiro atoms. The molecule has 3 rings (SSSR count). The largest absolute Gasteiger partial charge is 0.496 e. The van der Waals surface area contributed by atoms with Crippen LogP contribution in [0, 0.1) is 0 Å². The summed E-state index contributed by atoms with van der Waals surface area (Å²) >= 11 is 1.62. The third-order valence-corrected chi connectivity index (χ3v) is 5.98. The minimum absolute atomic E-state index is 0.0102. The van der Waals surface area contributed by atoms with Gasteiger partial charge in [-0.1, -0.05) is 6.92 Å². The second-order valence-corrected chi connectivity index (χ2v) is 7.52. The van der Waals surface area contributed by atoms with Crippen LogP contribution in [0.4, 0.5) is 4.79 Å². The second-order valence-electron chi connectivity index (χ2n) is 6.64. The van der Waals surface area contributed by atoms with Crippen molar-refractivity contribution in [2.24, 2.45) is 0 Å². The van der Waals surface area contributed by atoms with E-state index in [2.05, 4.69) is 6.92 Å². The van der Waals surface area contributed by atoms with Crippen LogP contribution in [0.5, 0.6) is 5.75 Å². The predicted octanol–water partition coefficient (Wildman–Crippen LogP) is 3.25. The molecule has 0 N–H and O–H groups in total. The number of hydrogen-bond acceptors (Lipinski definition) is 5. The Labute approximate surface area is 158 Å². The molecule has 1 aromatic rings. The molecule has 2 heterocycles. The van der Waals surface area contributed by atoms with Gasteiger partial charge in [0, 0.05) is 24.0 Å². The third-order valence-electron chi connectivity index (χ3n) is 5.26. The molecule has 0 radical (unpaired) electrons. The highest BCUT2D eigenvalue weighted by Gasteiger charge is 2.39. The molecule has 1 unspecified atom stereocenters. The van der Waals surface area contributed by atoms with Crippen LogP contribution in [0.3, 0.4) is 0 Å². The van der Waals surface area contributed by atoms with Crippen molar-refractivity contribution < 1.29 is 19.1 Å². The first-order chi connectivity index (χ1) is 12.6. The maximum atomic E-state index is 12.9. The zero-order valence-electron chi connectivity index (χ0n) is 15.6. The van der Waals surface area contributed by atoms with Crippen LogP contribution >= 0.6 is 11.8 Å². The molecule has 2 amide bonds. The standard InChI is InChI=1S/C19H26N2O4S/c1-4-13-12-25-19(23)21(13)14-7-9-20(10-8-14)18(22)16-6-5-15(26-3)11-17(16)24-2/h5-6,11,13-14H,4,7-10,12H2,1-3H3. The van der Waals surface area contributed by atoms with Gasteiger partial charge >= 0.3 is 6.09 Å².